The van der Waals surface area contributed by atoms with Crippen molar-refractivity contribution in [1.29, 1.82) is 0 Å². The molecule has 0 aromatic heterocycles. The van der Waals surface area contributed by atoms with E-state index in [1.165, 1.54) is 0 Å². The maximum Gasteiger partial charge on any atom is 0.340 e. The highest BCUT2D eigenvalue weighted by molar-refractivity contribution is 5.97. The molecule has 2 heterocycles. The van der Waals surface area contributed by atoms with Crippen LogP contribution in [0.25, 0.3) is 0 Å². The quantitative estimate of drug-likeness (QED) is 0.219. The van der Waals surface area contributed by atoms with Crippen LogP contribution >= 0.6 is 0 Å². The molecule has 2 aliphatic heterocycles. The smallest absolute Gasteiger partial charge is 0.340 e. The number of anilines is 3. The normalized spacial score (nSPS) is 16.5. The Morgan fingerprint density at radius 2 is 1.48 bits per heavy atom. The Morgan fingerprint density at radius 3 is 2.23 bits per heavy atom. The summed E-state index contributed by atoms with van der Waals surface area (Å²) in [5, 5.41) is 3.55. The molecule has 0 radical (unpaired) electrons. The van der Waals surface area contributed by atoms with E-state index in [1.54, 1.807) is 0 Å². The van der Waals surface area contributed by atoms with Gasteiger partial charge in [-0.25, -0.2) is 4.79 Å². The Balaban J connectivity index is 1.51. The van der Waals surface area contributed by atoms with Gasteiger partial charge in [0.2, 0.25) is 0 Å². The first kappa shape index (κ1) is 26.0. The van der Waals surface area contributed by atoms with Gasteiger partial charge in [0.25, 0.3) is 0 Å². The van der Waals surface area contributed by atoms with Crippen LogP contribution in [-0.4, -0.2) is 19.1 Å². The van der Waals surface area contributed by atoms with Gasteiger partial charge >= 0.3 is 5.97 Å². The minimum absolute atomic E-state index is 0.316. The van der Waals surface area contributed by atoms with Crippen LogP contribution in [-0.2, 0) is 10.3 Å². The molecule has 4 aromatic rings. The number of rotatable bonds is 9. The lowest BCUT2D eigenvalue weighted by Crippen LogP contribution is -2.33. The number of para-hydroxylation sites is 1. The zero-order valence-electron chi connectivity index (χ0n) is 23.5. The van der Waals surface area contributed by atoms with Gasteiger partial charge in [0.05, 0.1) is 5.56 Å². The van der Waals surface area contributed by atoms with Crippen molar-refractivity contribution in [3.05, 3.63) is 113 Å². The maximum atomic E-state index is 13.3. The standard InChI is InChI=1S/C35H36N2O3/c1-4-6-19-37(20-7-5-2)26-17-18-29-33(22-26)39-32-21-24(3)31(36-25-13-9-8-10-14-25)23-30(32)35(29)28-16-12-11-15-27(28)34(38)40-35/h8-18,21-23,36H,4-7,19-20H2,1-3H3/t35-/m0/s1. The van der Waals surface area contributed by atoms with Crippen molar-refractivity contribution in [3.8, 4) is 11.5 Å². The third kappa shape index (κ3) is 4.40. The van der Waals surface area contributed by atoms with Crippen molar-refractivity contribution < 1.29 is 14.3 Å². The number of ether oxygens (including phenoxy) is 2. The molecule has 1 atom stereocenters. The van der Waals surface area contributed by atoms with Crippen LogP contribution in [0.2, 0.25) is 0 Å². The van der Waals surface area contributed by atoms with Crippen LogP contribution in [0.1, 0.15) is 72.1 Å². The van der Waals surface area contributed by atoms with Gasteiger partial charge in [-0.2, -0.15) is 0 Å². The van der Waals surface area contributed by atoms with E-state index in [9.17, 15) is 4.79 Å². The fraction of sp³-hybridized carbons (Fsp3) is 0.286. The van der Waals surface area contributed by atoms with Crippen molar-refractivity contribution in [2.24, 2.45) is 0 Å². The number of carbonyl (C=O) groups excluding carboxylic acids is 1. The lowest BCUT2D eigenvalue weighted by atomic mass is 9.77. The molecule has 2 aliphatic rings. The molecule has 0 fully saturated rings. The van der Waals surface area contributed by atoms with Gasteiger partial charge in [-0.1, -0.05) is 63.1 Å². The zero-order chi connectivity index (χ0) is 27.7. The summed E-state index contributed by atoms with van der Waals surface area (Å²) in [5.74, 6) is 1.12. The molecule has 1 N–H and O–H groups in total. The van der Waals surface area contributed by atoms with Crippen LogP contribution < -0.4 is 15.0 Å². The summed E-state index contributed by atoms with van der Waals surface area (Å²) in [6.07, 6.45) is 4.56. The molecule has 0 aliphatic carbocycles. The summed E-state index contributed by atoms with van der Waals surface area (Å²) in [6, 6.07) is 28.3. The number of benzene rings is 4. The van der Waals surface area contributed by atoms with Crippen molar-refractivity contribution in [2.75, 3.05) is 23.3 Å². The number of nitrogens with zero attached hydrogens (tertiary/aromatic N) is 1. The second kappa shape index (κ2) is 10.7. The highest BCUT2D eigenvalue weighted by Crippen LogP contribution is 2.57. The number of unbranched alkanes of at least 4 members (excludes halogenated alkanes) is 2. The first-order chi connectivity index (χ1) is 19.5. The molecule has 40 heavy (non-hydrogen) atoms. The second-order valence-corrected chi connectivity index (χ2v) is 10.7. The number of nitrogens with one attached hydrogen (secondary N) is 1. The van der Waals surface area contributed by atoms with Crippen molar-refractivity contribution in [3.63, 3.8) is 0 Å². The van der Waals surface area contributed by atoms with E-state index in [1.807, 2.05) is 54.6 Å². The average Bonchev–Trinajstić information content (AvgIpc) is 3.27. The SMILES string of the molecule is CCCCN(CCCC)c1ccc2c(c1)Oc1cc(C)c(Nc3ccccc3)cc1[C@@]21OC(=O)c2ccccc21. The minimum Gasteiger partial charge on any atom is -0.456 e. The summed E-state index contributed by atoms with van der Waals surface area (Å²) in [6.45, 7) is 8.53. The molecule has 0 saturated carbocycles. The highest BCUT2D eigenvalue weighted by Gasteiger charge is 2.53. The largest absolute Gasteiger partial charge is 0.456 e. The molecule has 0 bridgehead atoms. The van der Waals surface area contributed by atoms with Gasteiger partial charge < -0.3 is 19.7 Å². The Labute approximate surface area is 236 Å². The van der Waals surface area contributed by atoms with Crippen molar-refractivity contribution in [2.45, 2.75) is 52.1 Å². The van der Waals surface area contributed by atoms with E-state index < -0.39 is 5.60 Å². The molecule has 0 saturated heterocycles. The molecular weight excluding hydrogens is 496 g/mol. The van der Waals surface area contributed by atoms with Gasteiger partial charge in [0.15, 0.2) is 5.60 Å². The molecule has 0 unspecified atom stereocenters. The minimum atomic E-state index is -1.09. The third-order valence-electron chi connectivity index (χ3n) is 8.02. The predicted molar refractivity (Wildman–Crippen MR) is 161 cm³/mol. The molecule has 4 aromatic carbocycles. The molecular formula is C35H36N2O3. The Morgan fingerprint density at radius 1 is 0.775 bits per heavy atom. The van der Waals surface area contributed by atoms with E-state index in [4.69, 9.17) is 9.47 Å². The summed E-state index contributed by atoms with van der Waals surface area (Å²) in [4.78, 5) is 15.8. The Kier molecular flexibility index (Phi) is 6.97. The van der Waals surface area contributed by atoms with Crippen molar-refractivity contribution in [1.82, 2.24) is 0 Å². The molecule has 204 valence electrons. The van der Waals surface area contributed by atoms with E-state index in [-0.39, 0.29) is 5.97 Å². The number of esters is 1. The molecule has 6 rings (SSSR count). The summed E-state index contributed by atoms with van der Waals surface area (Å²) in [5.41, 5.74) is 6.14. The lowest BCUT2D eigenvalue weighted by Gasteiger charge is -2.38. The van der Waals surface area contributed by atoms with Crippen LogP contribution in [0.3, 0.4) is 0 Å². The molecule has 5 nitrogen and oxygen atoms in total. The van der Waals surface area contributed by atoms with E-state index in [0.29, 0.717) is 11.3 Å². The third-order valence-corrected chi connectivity index (χ3v) is 8.02. The topological polar surface area (TPSA) is 50.8 Å². The average molecular weight is 533 g/mol. The first-order valence-corrected chi connectivity index (χ1v) is 14.4. The molecule has 5 heteroatoms. The maximum absolute atomic E-state index is 13.3. The van der Waals surface area contributed by atoms with Gasteiger partial charge in [0.1, 0.15) is 11.5 Å². The second-order valence-electron chi connectivity index (χ2n) is 10.7. The van der Waals surface area contributed by atoms with Gasteiger partial charge in [0, 0.05) is 52.9 Å². The van der Waals surface area contributed by atoms with Crippen LogP contribution in [0.5, 0.6) is 11.5 Å². The fourth-order valence-corrected chi connectivity index (χ4v) is 5.88. The monoisotopic (exact) mass is 532 g/mol. The predicted octanol–water partition coefficient (Wildman–Crippen LogP) is 8.71. The highest BCUT2D eigenvalue weighted by atomic mass is 16.6. The molecule has 0 amide bonds. The van der Waals surface area contributed by atoms with E-state index in [2.05, 4.69) is 61.3 Å². The zero-order valence-corrected chi connectivity index (χ0v) is 23.5. The van der Waals surface area contributed by atoms with Crippen LogP contribution in [0, 0.1) is 6.92 Å². The summed E-state index contributed by atoms with van der Waals surface area (Å²) >= 11 is 0. The summed E-state index contributed by atoms with van der Waals surface area (Å²) < 4.78 is 13.1. The van der Waals surface area contributed by atoms with Crippen LogP contribution in [0.4, 0.5) is 17.1 Å². The number of hydrogen-bond acceptors (Lipinski definition) is 5. The first-order valence-electron chi connectivity index (χ1n) is 14.4. The van der Waals surface area contributed by atoms with E-state index >= 15 is 0 Å². The Hall–Kier alpha value is -4.25. The molecule has 1 spiro atoms. The number of aryl methyl sites for hydroxylation is 1. The Bertz CT molecular complexity index is 1540. The van der Waals surface area contributed by atoms with E-state index in [0.717, 1.165) is 83.8 Å². The van der Waals surface area contributed by atoms with Crippen LogP contribution in [0.15, 0.2) is 84.9 Å². The fourth-order valence-electron chi connectivity index (χ4n) is 5.88. The lowest BCUT2D eigenvalue weighted by molar-refractivity contribution is 0.0224. The number of fused-ring (bicyclic) bond motifs is 6. The van der Waals surface area contributed by atoms with Gasteiger partial charge in [-0.3, -0.25) is 0 Å². The van der Waals surface area contributed by atoms with Gasteiger partial charge in [-0.15, -0.1) is 0 Å². The number of hydrogen-bond donors (Lipinski definition) is 1. The van der Waals surface area contributed by atoms with Gasteiger partial charge in [-0.05, 0) is 67.8 Å². The van der Waals surface area contributed by atoms with Crippen molar-refractivity contribution >= 4 is 23.0 Å². The summed E-state index contributed by atoms with van der Waals surface area (Å²) in [7, 11) is 0. The number of carbonyl (C=O) groups is 1.